The van der Waals surface area contributed by atoms with Crippen LogP contribution in [-0.4, -0.2) is 25.0 Å². The van der Waals surface area contributed by atoms with E-state index in [9.17, 15) is 0 Å². The maximum absolute atomic E-state index is 3.47. The average molecular weight is 260 g/mol. The second-order valence-corrected chi connectivity index (χ2v) is 5.31. The molecule has 0 saturated heterocycles. The van der Waals surface area contributed by atoms with Gasteiger partial charge in [0.15, 0.2) is 0 Å². The number of nitrogens with one attached hydrogen (secondary N) is 1. The van der Waals surface area contributed by atoms with E-state index in [2.05, 4.69) is 64.4 Å². The molecule has 2 nitrogen and oxygen atoms in total. The van der Waals surface area contributed by atoms with Crippen LogP contribution in [0.1, 0.15) is 11.1 Å². The van der Waals surface area contributed by atoms with Gasteiger partial charge in [-0.2, -0.15) is 11.3 Å². The second kappa shape index (κ2) is 7.31. The molecular weight excluding hydrogens is 240 g/mol. The number of rotatable bonds is 7. The number of likely N-dealkylation sites (N-methyl/N-ethyl adjacent to an activating group) is 1. The second-order valence-electron chi connectivity index (χ2n) is 4.53. The van der Waals surface area contributed by atoms with Gasteiger partial charge in [-0.15, -0.1) is 0 Å². The van der Waals surface area contributed by atoms with Gasteiger partial charge in [0.05, 0.1) is 0 Å². The third-order valence-corrected chi connectivity index (χ3v) is 3.61. The van der Waals surface area contributed by atoms with Crippen LogP contribution >= 0.6 is 11.3 Å². The summed E-state index contributed by atoms with van der Waals surface area (Å²) in [5, 5.41) is 7.83. The molecule has 0 bridgehead atoms. The van der Waals surface area contributed by atoms with E-state index in [4.69, 9.17) is 0 Å². The van der Waals surface area contributed by atoms with Gasteiger partial charge in [-0.25, -0.2) is 0 Å². The van der Waals surface area contributed by atoms with E-state index in [0.29, 0.717) is 0 Å². The van der Waals surface area contributed by atoms with Gasteiger partial charge in [-0.1, -0.05) is 30.3 Å². The molecule has 0 radical (unpaired) electrons. The standard InChI is InChI=1S/C15H20N2S/c1-17(12-15-7-10-18-13-15)9-8-16-11-14-5-3-2-4-6-14/h2-7,10,13,16H,8-9,11-12H2,1H3. The molecule has 1 N–H and O–H groups in total. The van der Waals surface area contributed by atoms with Gasteiger partial charge in [0.25, 0.3) is 0 Å². The highest BCUT2D eigenvalue weighted by molar-refractivity contribution is 7.07. The molecule has 96 valence electrons. The first kappa shape index (κ1) is 13.3. The third kappa shape index (κ3) is 4.61. The maximum atomic E-state index is 3.47. The van der Waals surface area contributed by atoms with Crippen LogP contribution in [0.3, 0.4) is 0 Å². The lowest BCUT2D eigenvalue weighted by atomic mass is 10.2. The van der Waals surface area contributed by atoms with Gasteiger partial charge in [-0.3, -0.25) is 0 Å². The molecule has 2 aromatic rings. The lowest BCUT2D eigenvalue weighted by Gasteiger charge is -2.16. The topological polar surface area (TPSA) is 15.3 Å². The molecule has 0 amide bonds. The van der Waals surface area contributed by atoms with Gasteiger partial charge in [0.1, 0.15) is 0 Å². The maximum Gasteiger partial charge on any atom is 0.0239 e. The molecule has 2 rings (SSSR count). The summed E-state index contributed by atoms with van der Waals surface area (Å²) in [5.74, 6) is 0. The number of hydrogen-bond donors (Lipinski definition) is 1. The average Bonchev–Trinajstić information content (AvgIpc) is 2.89. The van der Waals surface area contributed by atoms with Crippen LogP contribution in [0.4, 0.5) is 0 Å². The summed E-state index contributed by atoms with van der Waals surface area (Å²) in [4.78, 5) is 2.35. The Labute approximate surface area is 113 Å². The van der Waals surface area contributed by atoms with Crippen LogP contribution < -0.4 is 5.32 Å². The van der Waals surface area contributed by atoms with Crippen molar-refractivity contribution in [2.24, 2.45) is 0 Å². The van der Waals surface area contributed by atoms with Crippen LogP contribution in [0.15, 0.2) is 47.2 Å². The molecule has 0 aliphatic rings. The van der Waals surface area contributed by atoms with Crippen molar-refractivity contribution in [3.8, 4) is 0 Å². The van der Waals surface area contributed by atoms with E-state index in [1.54, 1.807) is 11.3 Å². The van der Waals surface area contributed by atoms with Crippen LogP contribution in [-0.2, 0) is 13.1 Å². The van der Waals surface area contributed by atoms with Crippen LogP contribution in [0, 0.1) is 0 Å². The van der Waals surface area contributed by atoms with E-state index < -0.39 is 0 Å². The summed E-state index contributed by atoms with van der Waals surface area (Å²) in [5.41, 5.74) is 2.75. The smallest absolute Gasteiger partial charge is 0.0239 e. The molecule has 0 aliphatic carbocycles. The quantitative estimate of drug-likeness (QED) is 0.770. The molecule has 0 unspecified atom stereocenters. The van der Waals surface area contributed by atoms with Crippen molar-refractivity contribution < 1.29 is 0 Å². The Morgan fingerprint density at radius 1 is 1.11 bits per heavy atom. The summed E-state index contributed by atoms with van der Waals surface area (Å²) in [6.07, 6.45) is 0. The summed E-state index contributed by atoms with van der Waals surface area (Å²) >= 11 is 1.76. The molecule has 0 fully saturated rings. The zero-order valence-electron chi connectivity index (χ0n) is 10.8. The minimum absolute atomic E-state index is 0.952. The van der Waals surface area contributed by atoms with Crippen molar-refractivity contribution in [2.75, 3.05) is 20.1 Å². The van der Waals surface area contributed by atoms with Crippen molar-refractivity contribution in [1.29, 1.82) is 0 Å². The summed E-state index contributed by atoms with van der Waals surface area (Å²) < 4.78 is 0. The molecule has 0 atom stereocenters. The Hall–Kier alpha value is -1.16. The number of nitrogens with zero attached hydrogens (tertiary/aromatic N) is 1. The summed E-state index contributed by atoms with van der Waals surface area (Å²) in [6.45, 7) is 4.09. The van der Waals surface area contributed by atoms with E-state index in [1.165, 1.54) is 11.1 Å². The van der Waals surface area contributed by atoms with Crippen molar-refractivity contribution >= 4 is 11.3 Å². The summed E-state index contributed by atoms with van der Waals surface area (Å²) in [6, 6.07) is 12.7. The predicted molar refractivity (Wildman–Crippen MR) is 78.8 cm³/mol. The minimum Gasteiger partial charge on any atom is -0.311 e. The molecule has 1 aromatic heterocycles. The monoisotopic (exact) mass is 260 g/mol. The highest BCUT2D eigenvalue weighted by Crippen LogP contribution is 2.07. The largest absolute Gasteiger partial charge is 0.311 e. The van der Waals surface area contributed by atoms with Gasteiger partial charge < -0.3 is 10.2 Å². The Morgan fingerprint density at radius 3 is 2.67 bits per heavy atom. The fourth-order valence-corrected chi connectivity index (χ4v) is 2.53. The van der Waals surface area contributed by atoms with E-state index in [1.807, 2.05) is 0 Å². The Morgan fingerprint density at radius 2 is 1.94 bits per heavy atom. The molecule has 0 spiro atoms. The third-order valence-electron chi connectivity index (χ3n) is 2.87. The van der Waals surface area contributed by atoms with Gasteiger partial charge in [0.2, 0.25) is 0 Å². The highest BCUT2D eigenvalue weighted by atomic mass is 32.1. The first-order valence-electron chi connectivity index (χ1n) is 6.29. The van der Waals surface area contributed by atoms with Crippen molar-refractivity contribution in [1.82, 2.24) is 10.2 Å². The van der Waals surface area contributed by atoms with Gasteiger partial charge in [-0.05, 0) is 35.0 Å². The molecule has 18 heavy (non-hydrogen) atoms. The fourth-order valence-electron chi connectivity index (χ4n) is 1.87. The van der Waals surface area contributed by atoms with Gasteiger partial charge >= 0.3 is 0 Å². The lowest BCUT2D eigenvalue weighted by molar-refractivity contribution is 0.324. The van der Waals surface area contributed by atoms with Crippen molar-refractivity contribution in [3.63, 3.8) is 0 Å². The van der Waals surface area contributed by atoms with E-state index in [-0.39, 0.29) is 0 Å². The Bertz CT molecular complexity index is 425. The van der Waals surface area contributed by atoms with E-state index >= 15 is 0 Å². The van der Waals surface area contributed by atoms with Gasteiger partial charge in [0, 0.05) is 26.2 Å². The normalized spacial score (nSPS) is 11.0. The molecule has 1 aromatic carbocycles. The lowest BCUT2D eigenvalue weighted by Crippen LogP contribution is -2.28. The SMILES string of the molecule is CN(CCNCc1ccccc1)Cc1ccsc1. The first-order chi connectivity index (χ1) is 8.84. The van der Waals surface area contributed by atoms with Crippen LogP contribution in [0.2, 0.25) is 0 Å². The summed E-state index contributed by atoms with van der Waals surface area (Å²) in [7, 11) is 2.17. The predicted octanol–water partition coefficient (Wildman–Crippen LogP) is 2.97. The van der Waals surface area contributed by atoms with Crippen LogP contribution in [0.5, 0.6) is 0 Å². The number of benzene rings is 1. The van der Waals surface area contributed by atoms with E-state index in [0.717, 1.165) is 26.2 Å². The molecule has 1 heterocycles. The van der Waals surface area contributed by atoms with Crippen molar-refractivity contribution in [2.45, 2.75) is 13.1 Å². The number of hydrogen-bond acceptors (Lipinski definition) is 3. The zero-order chi connectivity index (χ0) is 12.6. The number of thiophene rings is 1. The molecule has 0 saturated carbocycles. The Kier molecular flexibility index (Phi) is 5.39. The zero-order valence-corrected chi connectivity index (χ0v) is 11.6. The fraction of sp³-hybridized carbons (Fsp3) is 0.333. The molecule has 0 aliphatic heterocycles. The van der Waals surface area contributed by atoms with Crippen LogP contribution in [0.25, 0.3) is 0 Å². The molecule has 3 heteroatoms. The Balaban J connectivity index is 1.60. The van der Waals surface area contributed by atoms with Crippen molar-refractivity contribution in [3.05, 3.63) is 58.3 Å². The first-order valence-corrected chi connectivity index (χ1v) is 7.23. The highest BCUT2D eigenvalue weighted by Gasteiger charge is 2.00. The minimum atomic E-state index is 0.952. The molecular formula is C15H20N2S.